The van der Waals surface area contributed by atoms with Crippen LogP contribution in [0.25, 0.3) is 0 Å². The lowest BCUT2D eigenvalue weighted by Crippen LogP contribution is -2.27. The largest absolute Gasteiger partial charge is 0.310 e. The van der Waals surface area contributed by atoms with Crippen molar-refractivity contribution in [1.82, 2.24) is 5.32 Å². The molecule has 0 spiro atoms. The summed E-state index contributed by atoms with van der Waals surface area (Å²) in [5.41, 5.74) is 1.95. The van der Waals surface area contributed by atoms with Crippen molar-refractivity contribution in [1.29, 1.82) is 0 Å². The van der Waals surface area contributed by atoms with Crippen molar-refractivity contribution in [3.63, 3.8) is 0 Å². The van der Waals surface area contributed by atoms with Crippen LogP contribution in [0.3, 0.4) is 0 Å². The van der Waals surface area contributed by atoms with Crippen molar-refractivity contribution in [3.05, 3.63) is 23.5 Å². The summed E-state index contributed by atoms with van der Waals surface area (Å²) in [6.45, 7) is 21.1. The number of carbonyl (C=O) groups is 1. The maximum atomic E-state index is 10.9. The van der Waals surface area contributed by atoms with E-state index in [0.29, 0.717) is 12.2 Å². The maximum absolute atomic E-state index is 10.9. The molecule has 0 fully saturated rings. The molecule has 0 radical (unpaired) electrons. The molecule has 0 aromatic heterocycles. The van der Waals surface area contributed by atoms with Crippen molar-refractivity contribution in [2.45, 2.75) is 61.3 Å². The van der Waals surface area contributed by atoms with Gasteiger partial charge >= 0.3 is 0 Å². The van der Waals surface area contributed by atoms with Gasteiger partial charge in [0.05, 0.1) is 0 Å². The second kappa shape index (κ2) is 15.6. The fraction of sp³-hybridized carbons (Fsp3) is 0.600. The second-order valence-corrected chi connectivity index (χ2v) is 2.81. The predicted molar refractivity (Wildman–Crippen MR) is 82.8 cm³/mol. The normalized spacial score (nSPS) is 12.5. The maximum Gasteiger partial charge on any atom is 0.225 e. The van der Waals surface area contributed by atoms with E-state index in [9.17, 15) is 4.79 Å². The third kappa shape index (κ3) is 8.74. The first-order valence-corrected chi connectivity index (χ1v) is 6.80. The van der Waals surface area contributed by atoms with Crippen LogP contribution in [0.5, 0.6) is 0 Å². The van der Waals surface area contributed by atoms with E-state index in [0.717, 1.165) is 17.6 Å². The van der Waals surface area contributed by atoms with Gasteiger partial charge in [-0.05, 0) is 25.6 Å². The van der Waals surface area contributed by atoms with Crippen LogP contribution in [0.2, 0.25) is 0 Å². The van der Waals surface area contributed by atoms with Gasteiger partial charge in [-0.3, -0.25) is 4.79 Å². The molecule has 3 heteroatoms. The van der Waals surface area contributed by atoms with Crippen LogP contribution in [0.1, 0.15) is 61.3 Å². The van der Waals surface area contributed by atoms with E-state index in [-0.39, 0.29) is 5.91 Å². The number of hydrogen-bond acceptors (Lipinski definition) is 2. The quantitative estimate of drug-likeness (QED) is 0.726. The van der Waals surface area contributed by atoms with Crippen molar-refractivity contribution in [2.75, 3.05) is 0 Å². The fourth-order valence-electron chi connectivity index (χ4n) is 1.18. The minimum Gasteiger partial charge on any atom is -0.310 e. The summed E-state index contributed by atoms with van der Waals surface area (Å²) in [5.74, 6) is 0.571. The van der Waals surface area contributed by atoms with Gasteiger partial charge in [0.1, 0.15) is 5.82 Å². The highest BCUT2D eigenvalue weighted by Crippen LogP contribution is 2.21. The highest BCUT2D eigenvalue weighted by atomic mass is 16.1. The van der Waals surface area contributed by atoms with E-state index in [1.54, 1.807) is 0 Å². The summed E-state index contributed by atoms with van der Waals surface area (Å²) < 4.78 is 0. The van der Waals surface area contributed by atoms with E-state index < -0.39 is 0 Å². The van der Waals surface area contributed by atoms with Crippen molar-refractivity contribution in [2.24, 2.45) is 4.99 Å². The monoisotopic (exact) mass is 254 g/mol. The summed E-state index contributed by atoms with van der Waals surface area (Å²) in [6.07, 6.45) is 1.23. The summed E-state index contributed by atoms with van der Waals surface area (Å²) >= 11 is 0. The molecule has 18 heavy (non-hydrogen) atoms. The molecule has 0 atom stereocenters. The lowest BCUT2D eigenvalue weighted by Gasteiger charge is -2.17. The van der Waals surface area contributed by atoms with Crippen LogP contribution in [0, 0.1) is 0 Å². The Morgan fingerprint density at radius 1 is 1.11 bits per heavy atom. The van der Waals surface area contributed by atoms with Crippen LogP contribution in [0.4, 0.5) is 0 Å². The Balaban J connectivity index is -0.000000328. The number of carbonyl (C=O) groups excluding carboxylic acids is 1. The Kier molecular flexibility index (Phi) is 19.0. The van der Waals surface area contributed by atoms with Gasteiger partial charge in [0, 0.05) is 6.42 Å². The molecule has 0 bridgehead atoms. The Morgan fingerprint density at radius 2 is 1.56 bits per heavy atom. The van der Waals surface area contributed by atoms with Gasteiger partial charge in [-0.15, -0.1) is 0 Å². The number of allylic oxidation sites excluding steroid dienone is 2. The lowest BCUT2D eigenvalue weighted by atomic mass is 10.0. The summed E-state index contributed by atoms with van der Waals surface area (Å²) in [6, 6.07) is 0. The second-order valence-electron chi connectivity index (χ2n) is 2.81. The standard InChI is InChI=1S/C9H12N2O.3C2H6/c1-6(2)7-4-5-8(12)11-9(7)10-3;3*1-2/h1,3-5H2,2H3,(H,11,12);3*1-2H3. The van der Waals surface area contributed by atoms with Gasteiger partial charge in [-0.2, -0.15) is 0 Å². The van der Waals surface area contributed by atoms with Gasteiger partial charge in [0.25, 0.3) is 0 Å². The van der Waals surface area contributed by atoms with Crippen molar-refractivity contribution >= 4 is 12.6 Å². The Labute approximate surface area is 113 Å². The molecule has 0 aliphatic carbocycles. The minimum atomic E-state index is 0.00222. The van der Waals surface area contributed by atoms with E-state index in [2.05, 4.69) is 23.6 Å². The van der Waals surface area contributed by atoms with Crippen LogP contribution in [-0.4, -0.2) is 12.6 Å². The molecule has 1 rings (SSSR count). The molecule has 0 saturated heterocycles. The first-order valence-electron chi connectivity index (χ1n) is 6.80. The third-order valence-electron chi connectivity index (χ3n) is 1.82. The molecule has 1 aliphatic rings. The van der Waals surface area contributed by atoms with Crippen molar-refractivity contribution in [3.8, 4) is 0 Å². The van der Waals surface area contributed by atoms with Crippen LogP contribution < -0.4 is 5.32 Å². The molecule has 3 nitrogen and oxygen atoms in total. The topological polar surface area (TPSA) is 41.5 Å². The van der Waals surface area contributed by atoms with E-state index in [1.165, 1.54) is 0 Å². The van der Waals surface area contributed by atoms with Gasteiger partial charge in [-0.25, -0.2) is 4.99 Å². The zero-order chi connectivity index (χ0) is 15.1. The van der Waals surface area contributed by atoms with Gasteiger partial charge in [0.15, 0.2) is 0 Å². The van der Waals surface area contributed by atoms with E-state index in [4.69, 9.17) is 0 Å². The molecular formula is C15H30N2O. The van der Waals surface area contributed by atoms with Crippen molar-refractivity contribution < 1.29 is 4.79 Å². The molecule has 1 heterocycles. The van der Waals surface area contributed by atoms with Gasteiger partial charge < -0.3 is 5.32 Å². The highest BCUT2D eigenvalue weighted by Gasteiger charge is 2.16. The molecule has 0 unspecified atom stereocenters. The molecule has 106 valence electrons. The van der Waals surface area contributed by atoms with Crippen LogP contribution in [-0.2, 0) is 4.79 Å². The molecule has 1 amide bonds. The zero-order valence-electron chi connectivity index (χ0n) is 13.2. The zero-order valence-corrected chi connectivity index (χ0v) is 13.2. The first-order chi connectivity index (χ1) is 8.65. The van der Waals surface area contributed by atoms with Gasteiger partial charge in [-0.1, -0.05) is 53.7 Å². The number of nitrogens with one attached hydrogen (secondary N) is 1. The van der Waals surface area contributed by atoms with E-state index >= 15 is 0 Å². The Hall–Kier alpha value is -1.38. The molecule has 0 saturated carbocycles. The molecule has 0 aromatic carbocycles. The molecule has 1 N–H and O–H groups in total. The Morgan fingerprint density at radius 3 is 1.89 bits per heavy atom. The van der Waals surface area contributed by atoms with Crippen LogP contribution >= 0.6 is 0 Å². The lowest BCUT2D eigenvalue weighted by molar-refractivity contribution is -0.120. The smallest absolute Gasteiger partial charge is 0.225 e. The average molecular weight is 254 g/mol. The SMILES string of the molecule is C=NC1=C(C(=C)C)CCC(=O)N1.CC.CC.CC. The number of rotatable bonds is 2. The number of hydrogen-bond donors (Lipinski definition) is 1. The summed E-state index contributed by atoms with van der Waals surface area (Å²) in [7, 11) is 0. The Bertz CT molecular complexity index is 278. The summed E-state index contributed by atoms with van der Waals surface area (Å²) in [4.78, 5) is 14.7. The third-order valence-corrected chi connectivity index (χ3v) is 1.82. The van der Waals surface area contributed by atoms with Gasteiger partial charge in [0.2, 0.25) is 5.91 Å². The average Bonchev–Trinajstić information content (AvgIpc) is 2.45. The molecular weight excluding hydrogens is 224 g/mol. The van der Waals surface area contributed by atoms with E-state index in [1.807, 2.05) is 48.5 Å². The number of aliphatic imine (C=N–C) groups is 1. The summed E-state index contributed by atoms with van der Waals surface area (Å²) in [5, 5.41) is 2.65. The highest BCUT2D eigenvalue weighted by molar-refractivity contribution is 5.80. The van der Waals surface area contributed by atoms with Crippen LogP contribution in [0.15, 0.2) is 28.5 Å². The first kappa shape index (κ1) is 21.9. The number of amides is 1. The molecule has 1 aliphatic heterocycles. The molecule has 0 aromatic rings. The fourth-order valence-corrected chi connectivity index (χ4v) is 1.18. The predicted octanol–water partition coefficient (Wildman–Crippen LogP) is 4.46. The minimum absolute atomic E-state index is 0.00222. The number of nitrogens with zero attached hydrogens (tertiary/aromatic N) is 1.